The Labute approximate surface area is 183 Å². The van der Waals surface area contributed by atoms with Gasteiger partial charge in [-0.3, -0.25) is 0 Å². The number of hydrogen-bond donors (Lipinski definition) is 0. The van der Waals surface area contributed by atoms with E-state index in [2.05, 4.69) is 0 Å². The first-order chi connectivity index (χ1) is 15.0. The van der Waals surface area contributed by atoms with E-state index in [1.165, 1.54) is 0 Å². The molecule has 0 aliphatic carbocycles. The van der Waals surface area contributed by atoms with E-state index < -0.39 is 84.4 Å². The zero-order valence-corrected chi connectivity index (χ0v) is 17.0. The molecule has 0 aliphatic heterocycles. The summed E-state index contributed by atoms with van der Waals surface area (Å²) >= 11 is 0. The van der Waals surface area contributed by atoms with Crippen LogP contribution in [0.4, 0.5) is 83.6 Å². The van der Waals surface area contributed by atoms with Crippen molar-refractivity contribution in [2.45, 2.75) is 86.8 Å². The molecule has 0 atom stereocenters. The molecule has 0 spiro atoms. The second kappa shape index (κ2) is 9.18. The van der Waals surface area contributed by atoms with Crippen LogP contribution in [0.3, 0.4) is 0 Å². The van der Waals surface area contributed by atoms with E-state index in [-0.39, 0.29) is 0 Å². The van der Waals surface area contributed by atoms with Crippen molar-refractivity contribution in [3.63, 3.8) is 0 Å². The van der Waals surface area contributed by atoms with E-state index in [0.29, 0.717) is 0 Å². The third-order valence-electron chi connectivity index (χ3n) is 4.99. The predicted molar refractivity (Wildman–Crippen MR) is 77.0 cm³/mol. The van der Waals surface area contributed by atoms with Gasteiger partial charge in [-0.15, -0.1) is 0 Å². The second-order valence-electron chi connectivity index (χ2n) is 7.27. The molecule has 1 nitrogen and oxygen atoms in total. The molecule has 35 heavy (non-hydrogen) atoms. The summed E-state index contributed by atoms with van der Waals surface area (Å²) in [6.45, 7) is -0.448. The Morgan fingerprint density at radius 2 is 0.771 bits per heavy atom. The molecular weight excluding hydrogens is 555 g/mol. The summed E-state index contributed by atoms with van der Waals surface area (Å²) in [5.41, 5.74) is 0. The highest BCUT2D eigenvalue weighted by Crippen LogP contribution is 2.64. The first-order valence-corrected chi connectivity index (χ1v) is 8.96. The smallest absolute Gasteiger partial charge is 0.199 e. The Hall–Kier alpha value is -1.37. The first kappa shape index (κ1) is 33.6. The van der Waals surface area contributed by atoms with Gasteiger partial charge in [0.05, 0.1) is 11.3 Å². The molecule has 0 N–H and O–H groups in total. The van der Waals surface area contributed by atoms with Gasteiger partial charge in [-0.1, -0.05) is 13.8 Å². The third-order valence-corrected chi connectivity index (χ3v) is 4.99. The van der Waals surface area contributed by atoms with Crippen LogP contribution in [-0.2, 0) is 0 Å². The van der Waals surface area contributed by atoms with Crippen LogP contribution in [0.5, 0.6) is 0 Å². The highest BCUT2D eigenvalue weighted by molar-refractivity contribution is 5.15. The van der Waals surface area contributed by atoms with E-state index in [1.807, 2.05) is 0 Å². The van der Waals surface area contributed by atoms with Crippen molar-refractivity contribution < 1.29 is 88.5 Å². The molecule has 0 bridgehead atoms. The van der Waals surface area contributed by atoms with Gasteiger partial charge in [-0.05, 0) is 0 Å². The number of hydrogen-bond acceptors (Lipinski definition) is 0. The minimum Gasteiger partial charge on any atom is -0.199 e. The molecule has 0 unspecified atom stereocenters. The van der Waals surface area contributed by atoms with Crippen molar-refractivity contribution in [2.75, 3.05) is 6.54 Å². The number of halogens is 19. The minimum absolute atomic E-state index is 0.533. The summed E-state index contributed by atoms with van der Waals surface area (Å²) in [4.78, 5) is -3.60. The molecular formula is C15H15F19N+. The first-order valence-electron chi connectivity index (χ1n) is 8.96. The monoisotopic (exact) mass is 570 g/mol. The summed E-state index contributed by atoms with van der Waals surface area (Å²) in [7, 11) is 0. The van der Waals surface area contributed by atoms with Crippen molar-refractivity contribution in [3.05, 3.63) is 0 Å². The standard InChI is InChI=1S/C15H15F19N/c1-3-7(4-2)35(33,34)6-5-8(16,17)9(18,19)10(20,21)11(22,23)12(24,25)13(26,27)14(28,29)15(30,31)32/h7H,3-6H2,1-2H3/q+1. The van der Waals surface area contributed by atoms with Crippen molar-refractivity contribution in [2.24, 2.45) is 0 Å². The number of alkyl halides is 17. The zero-order chi connectivity index (χ0) is 28.9. The molecule has 0 radical (unpaired) electrons. The van der Waals surface area contributed by atoms with Crippen molar-refractivity contribution >= 4 is 0 Å². The van der Waals surface area contributed by atoms with Crippen molar-refractivity contribution in [1.29, 1.82) is 0 Å². The average molecular weight is 570 g/mol. The molecule has 0 aromatic heterocycles. The van der Waals surface area contributed by atoms with Gasteiger partial charge in [0.25, 0.3) is 0 Å². The maximum Gasteiger partial charge on any atom is 0.460 e. The van der Waals surface area contributed by atoms with Gasteiger partial charge in [0.15, 0.2) is 12.6 Å². The minimum atomic E-state index is -8.74. The lowest BCUT2D eigenvalue weighted by Gasteiger charge is -2.42. The molecule has 0 saturated carbocycles. The van der Waals surface area contributed by atoms with Crippen LogP contribution >= 0.6 is 0 Å². The molecule has 0 amide bonds. The van der Waals surface area contributed by atoms with E-state index in [9.17, 15) is 83.6 Å². The largest absolute Gasteiger partial charge is 0.460 e. The molecule has 20 heteroatoms. The van der Waals surface area contributed by atoms with Gasteiger partial charge in [-0.2, -0.15) is 74.6 Å². The Balaban J connectivity index is 6.50. The molecule has 0 aromatic carbocycles. The lowest BCUT2D eigenvalue weighted by atomic mass is 9.88. The SMILES string of the molecule is CCC(CC)[N+](F)(F)CCC(F)(F)C(F)(F)C(F)(F)C(F)(F)C(F)(F)C(F)(F)C(F)(F)C(F)(F)F. The molecule has 212 valence electrons. The van der Waals surface area contributed by atoms with Crippen LogP contribution in [0.2, 0.25) is 0 Å². The summed E-state index contributed by atoms with van der Waals surface area (Å²) in [5, 5.41) is 0. The summed E-state index contributed by atoms with van der Waals surface area (Å²) in [5.74, 6) is -57.5. The Kier molecular flexibility index (Phi) is 8.82. The number of rotatable bonds is 12. The van der Waals surface area contributed by atoms with E-state index in [0.717, 1.165) is 13.8 Å². The Morgan fingerprint density at radius 3 is 1.06 bits per heavy atom. The predicted octanol–water partition coefficient (Wildman–Crippen LogP) is 8.16. The normalized spacial score (nSPS) is 16.3. The van der Waals surface area contributed by atoms with Crippen LogP contribution in [0.1, 0.15) is 33.1 Å². The summed E-state index contributed by atoms with van der Waals surface area (Å²) in [6, 6.07) is -1.91. The second-order valence-corrected chi connectivity index (χ2v) is 7.27. The maximum absolute atomic E-state index is 13.7. The van der Waals surface area contributed by atoms with Crippen LogP contribution < -0.4 is 0 Å². The number of nitrogens with zero attached hydrogens (tertiary/aromatic N) is 1. The topological polar surface area (TPSA) is 0 Å². The highest BCUT2D eigenvalue weighted by Gasteiger charge is 2.95. The highest BCUT2D eigenvalue weighted by atomic mass is 19.4. The molecule has 0 heterocycles. The van der Waals surface area contributed by atoms with Gasteiger partial charge in [-0.25, -0.2) is 0 Å². The quantitative estimate of drug-likeness (QED) is 0.164. The van der Waals surface area contributed by atoms with Gasteiger partial charge in [0, 0.05) is 21.8 Å². The lowest BCUT2D eigenvalue weighted by Crippen LogP contribution is -2.74. The average Bonchev–Trinajstić information content (AvgIpc) is 2.65. The molecule has 0 aliphatic rings. The molecule has 0 saturated heterocycles. The van der Waals surface area contributed by atoms with Crippen molar-refractivity contribution in [3.8, 4) is 0 Å². The zero-order valence-electron chi connectivity index (χ0n) is 17.0. The van der Waals surface area contributed by atoms with Crippen LogP contribution in [-0.4, -0.2) is 65.1 Å². The molecule has 0 fully saturated rings. The lowest BCUT2D eigenvalue weighted by molar-refractivity contribution is -1.19. The van der Waals surface area contributed by atoms with Crippen LogP contribution in [0.15, 0.2) is 0 Å². The van der Waals surface area contributed by atoms with Gasteiger partial charge in [0.1, 0.15) is 0 Å². The fourth-order valence-electron chi connectivity index (χ4n) is 2.65. The van der Waals surface area contributed by atoms with Gasteiger partial charge in [0.2, 0.25) is 0 Å². The van der Waals surface area contributed by atoms with E-state index in [1.54, 1.807) is 0 Å². The number of quaternary nitrogens is 1. The summed E-state index contributed by atoms with van der Waals surface area (Å²) < 4.78 is 250. The van der Waals surface area contributed by atoms with Crippen molar-refractivity contribution in [1.82, 2.24) is 0 Å². The molecule has 0 rings (SSSR count). The van der Waals surface area contributed by atoms with Gasteiger partial charge < -0.3 is 0 Å². The maximum atomic E-state index is 13.7. The fraction of sp³-hybridized carbons (Fsp3) is 1.00. The van der Waals surface area contributed by atoms with E-state index >= 15 is 0 Å². The molecule has 0 aromatic rings. The van der Waals surface area contributed by atoms with Crippen LogP contribution in [0, 0.1) is 0 Å². The Morgan fingerprint density at radius 1 is 0.486 bits per heavy atom. The van der Waals surface area contributed by atoms with Gasteiger partial charge >= 0.3 is 47.6 Å². The van der Waals surface area contributed by atoms with Crippen LogP contribution in [0.25, 0.3) is 0 Å². The third kappa shape index (κ3) is 4.95. The van der Waals surface area contributed by atoms with E-state index in [4.69, 9.17) is 0 Å². The fourth-order valence-corrected chi connectivity index (χ4v) is 2.65. The summed E-state index contributed by atoms with van der Waals surface area (Å²) in [6.07, 6.45) is -12.1. The Bertz CT molecular complexity index is 718.